The smallest absolute Gasteiger partial charge is 0.228 e. The third kappa shape index (κ3) is 2.92. The predicted molar refractivity (Wildman–Crippen MR) is 67.1 cm³/mol. The first kappa shape index (κ1) is 12.3. The Morgan fingerprint density at radius 2 is 2.18 bits per heavy atom. The molecule has 1 fully saturated rings. The van der Waals surface area contributed by atoms with Crippen molar-refractivity contribution in [3.05, 3.63) is 30.3 Å². The van der Waals surface area contributed by atoms with Crippen LogP contribution in [0.15, 0.2) is 30.3 Å². The van der Waals surface area contributed by atoms with E-state index in [4.69, 9.17) is 4.74 Å². The van der Waals surface area contributed by atoms with Crippen molar-refractivity contribution in [2.45, 2.75) is 18.3 Å². The van der Waals surface area contributed by atoms with Gasteiger partial charge in [-0.15, -0.1) is 0 Å². The zero-order valence-corrected chi connectivity index (χ0v) is 10.5. The van der Waals surface area contributed by atoms with Gasteiger partial charge in [0.2, 0.25) is 5.91 Å². The van der Waals surface area contributed by atoms with E-state index in [1.165, 1.54) is 0 Å². The molecule has 2 rings (SSSR count). The summed E-state index contributed by atoms with van der Waals surface area (Å²) >= 11 is 0. The van der Waals surface area contributed by atoms with Crippen molar-refractivity contribution in [1.29, 1.82) is 0 Å². The van der Waals surface area contributed by atoms with E-state index in [9.17, 15) is 9.00 Å². The standard InChI is InChI=1S/C12H15NO3S/c1-12(16-7-8-17(12)15)9-11(14)13-10-5-3-2-4-6-10/h2-6H,7-9H2,1H3,(H,13,14)/t12-,17-/m1/s1. The molecule has 1 aromatic carbocycles. The third-order valence-corrected chi connectivity index (χ3v) is 4.46. The van der Waals surface area contributed by atoms with Gasteiger partial charge in [0, 0.05) is 11.4 Å². The summed E-state index contributed by atoms with van der Waals surface area (Å²) in [6.07, 6.45) is 0.120. The van der Waals surface area contributed by atoms with E-state index in [-0.39, 0.29) is 12.3 Å². The molecule has 1 N–H and O–H groups in total. The third-order valence-electron chi connectivity index (χ3n) is 2.70. The van der Waals surface area contributed by atoms with Gasteiger partial charge in [-0.3, -0.25) is 9.00 Å². The van der Waals surface area contributed by atoms with Crippen LogP contribution in [-0.4, -0.2) is 27.4 Å². The number of amides is 1. The lowest BCUT2D eigenvalue weighted by atomic mass is 10.2. The van der Waals surface area contributed by atoms with Gasteiger partial charge >= 0.3 is 0 Å². The van der Waals surface area contributed by atoms with Crippen molar-refractivity contribution < 1.29 is 13.7 Å². The zero-order chi connectivity index (χ0) is 12.3. The molecule has 0 saturated carbocycles. The fraction of sp³-hybridized carbons (Fsp3) is 0.417. The maximum atomic E-state index is 11.8. The lowest BCUT2D eigenvalue weighted by Crippen LogP contribution is -2.33. The van der Waals surface area contributed by atoms with Gasteiger partial charge < -0.3 is 10.1 Å². The van der Waals surface area contributed by atoms with Crippen LogP contribution in [0.25, 0.3) is 0 Å². The van der Waals surface area contributed by atoms with Crippen molar-refractivity contribution in [3.8, 4) is 0 Å². The molecule has 92 valence electrons. The Kier molecular flexibility index (Phi) is 3.59. The van der Waals surface area contributed by atoms with Crippen molar-refractivity contribution in [1.82, 2.24) is 0 Å². The predicted octanol–water partition coefficient (Wildman–Crippen LogP) is 1.51. The van der Waals surface area contributed by atoms with E-state index in [1.54, 1.807) is 6.92 Å². The van der Waals surface area contributed by atoms with Gasteiger partial charge in [0.05, 0.1) is 23.8 Å². The summed E-state index contributed by atoms with van der Waals surface area (Å²) in [6, 6.07) is 9.20. The second-order valence-corrected chi connectivity index (χ2v) is 6.09. The van der Waals surface area contributed by atoms with E-state index in [2.05, 4.69) is 5.32 Å². The fourth-order valence-electron chi connectivity index (χ4n) is 1.76. The van der Waals surface area contributed by atoms with Gasteiger partial charge in [-0.1, -0.05) is 18.2 Å². The maximum absolute atomic E-state index is 11.8. The number of benzene rings is 1. The Labute approximate surface area is 103 Å². The number of ether oxygens (including phenoxy) is 1. The van der Waals surface area contributed by atoms with Crippen molar-refractivity contribution in [3.63, 3.8) is 0 Å². The van der Waals surface area contributed by atoms with Crippen LogP contribution in [0.5, 0.6) is 0 Å². The van der Waals surface area contributed by atoms with Gasteiger partial charge in [-0.25, -0.2) is 0 Å². The number of para-hydroxylation sites is 1. The van der Waals surface area contributed by atoms with Crippen molar-refractivity contribution in [2.24, 2.45) is 0 Å². The SMILES string of the molecule is C[C@@]1(CC(=O)Nc2ccccc2)OCC[S@]1=O. The molecule has 1 aromatic rings. The highest BCUT2D eigenvalue weighted by atomic mass is 32.2. The van der Waals surface area contributed by atoms with Crippen LogP contribution < -0.4 is 5.32 Å². The minimum atomic E-state index is -1.09. The molecule has 17 heavy (non-hydrogen) atoms. The summed E-state index contributed by atoms with van der Waals surface area (Å²) in [5.74, 6) is 0.337. The van der Waals surface area contributed by atoms with Crippen molar-refractivity contribution >= 4 is 22.4 Å². The molecule has 0 aliphatic carbocycles. The summed E-state index contributed by atoms with van der Waals surface area (Å²) in [7, 11) is -1.09. The average molecular weight is 253 g/mol. The molecule has 0 bridgehead atoms. The van der Waals surface area contributed by atoms with Crippen molar-refractivity contribution in [2.75, 3.05) is 17.7 Å². The normalized spacial score (nSPS) is 27.9. The quantitative estimate of drug-likeness (QED) is 0.888. The summed E-state index contributed by atoms with van der Waals surface area (Å²) in [5.41, 5.74) is 0.741. The number of carbonyl (C=O) groups is 1. The highest BCUT2D eigenvalue weighted by Crippen LogP contribution is 2.26. The number of rotatable bonds is 3. The van der Waals surface area contributed by atoms with Gasteiger partial charge in [0.15, 0.2) is 0 Å². The molecule has 0 aromatic heterocycles. The first-order chi connectivity index (χ1) is 8.10. The molecular weight excluding hydrogens is 238 g/mol. The lowest BCUT2D eigenvalue weighted by Gasteiger charge is -2.20. The first-order valence-corrected chi connectivity index (χ1v) is 6.79. The molecule has 5 heteroatoms. The van der Waals surface area contributed by atoms with E-state index in [0.29, 0.717) is 12.4 Å². The number of anilines is 1. The lowest BCUT2D eigenvalue weighted by molar-refractivity contribution is -0.119. The van der Waals surface area contributed by atoms with Crippen LogP contribution in [-0.2, 0) is 20.3 Å². The van der Waals surface area contributed by atoms with E-state index in [1.807, 2.05) is 30.3 Å². The minimum Gasteiger partial charge on any atom is -0.361 e. The molecule has 0 spiro atoms. The Morgan fingerprint density at radius 3 is 2.76 bits per heavy atom. The van der Waals surface area contributed by atoms with Crippen LogP contribution >= 0.6 is 0 Å². The Balaban J connectivity index is 1.96. The minimum absolute atomic E-state index is 0.120. The Bertz CT molecular complexity index is 435. The maximum Gasteiger partial charge on any atom is 0.228 e. The molecule has 4 nitrogen and oxygen atoms in total. The van der Waals surface area contributed by atoms with Crippen LogP contribution in [0.3, 0.4) is 0 Å². The van der Waals surface area contributed by atoms with Gasteiger partial charge in [0.25, 0.3) is 0 Å². The van der Waals surface area contributed by atoms with Crippen LogP contribution in [0.4, 0.5) is 5.69 Å². The number of hydrogen-bond acceptors (Lipinski definition) is 3. The van der Waals surface area contributed by atoms with Crippen LogP contribution in [0, 0.1) is 0 Å². The Morgan fingerprint density at radius 1 is 1.47 bits per heavy atom. The summed E-state index contributed by atoms with van der Waals surface area (Å²) < 4.78 is 17.1. The van der Waals surface area contributed by atoms with Crippen LogP contribution in [0.2, 0.25) is 0 Å². The Hall–Kier alpha value is -1.20. The molecule has 2 atom stereocenters. The summed E-state index contributed by atoms with van der Waals surface area (Å²) in [4.78, 5) is 11.0. The van der Waals surface area contributed by atoms with E-state index in [0.717, 1.165) is 5.69 Å². The molecule has 1 heterocycles. The fourth-order valence-corrected chi connectivity index (χ4v) is 2.94. The molecule has 1 aliphatic heterocycles. The second kappa shape index (κ2) is 4.98. The van der Waals surface area contributed by atoms with Gasteiger partial charge in [-0.05, 0) is 19.1 Å². The highest BCUT2D eigenvalue weighted by molar-refractivity contribution is 7.86. The zero-order valence-electron chi connectivity index (χ0n) is 9.64. The average Bonchev–Trinajstić information content (AvgIpc) is 2.60. The molecule has 1 amide bonds. The van der Waals surface area contributed by atoms with Gasteiger partial charge in [0.1, 0.15) is 4.93 Å². The number of nitrogens with one attached hydrogen (secondary N) is 1. The molecular formula is C12H15NO3S. The number of hydrogen-bond donors (Lipinski definition) is 1. The summed E-state index contributed by atoms with van der Waals surface area (Å²) in [5, 5.41) is 2.76. The molecule has 0 unspecified atom stereocenters. The second-order valence-electron chi connectivity index (χ2n) is 4.12. The largest absolute Gasteiger partial charge is 0.361 e. The van der Waals surface area contributed by atoms with E-state index < -0.39 is 15.7 Å². The molecule has 1 aliphatic rings. The topological polar surface area (TPSA) is 55.4 Å². The first-order valence-electron chi connectivity index (χ1n) is 5.47. The van der Waals surface area contributed by atoms with E-state index >= 15 is 0 Å². The summed E-state index contributed by atoms with van der Waals surface area (Å²) in [6.45, 7) is 2.18. The monoisotopic (exact) mass is 253 g/mol. The van der Waals surface area contributed by atoms with Crippen LogP contribution in [0.1, 0.15) is 13.3 Å². The molecule has 0 radical (unpaired) electrons. The molecule has 1 saturated heterocycles. The van der Waals surface area contributed by atoms with Gasteiger partial charge in [-0.2, -0.15) is 0 Å². The number of carbonyl (C=O) groups excluding carboxylic acids is 1. The highest BCUT2D eigenvalue weighted by Gasteiger charge is 2.39.